The number of carboxylic acid groups (broad SMARTS) is 1. The normalized spacial score (nSPS) is 18.6. The molecule has 0 radical (unpaired) electrons. The summed E-state index contributed by atoms with van der Waals surface area (Å²) in [7, 11) is 0. The summed E-state index contributed by atoms with van der Waals surface area (Å²) in [5, 5.41) is 12.5. The Morgan fingerprint density at radius 3 is 2.56 bits per heavy atom. The van der Waals surface area contributed by atoms with Gasteiger partial charge in [0.1, 0.15) is 6.04 Å². The molecule has 0 bridgehead atoms. The summed E-state index contributed by atoms with van der Waals surface area (Å²) in [6.45, 7) is 6.18. The predicted octanol–water partition coefficient (Wildman–Crippen LogP) is 2.99. The Bertz CT molecular complexity index is 609. The summed E-state index contributed by atoms with van der Waals surface area (Å²) >= 11 is 0. The minimum Gasteiger partial charge on any atom is -0.465 e. The first-order valence-corrected chi connectivity index (χ1v) is 9.36. The number of ether oxygens (including phenoxy) is 2. The van der Waals surface area contributed by atoms with E-state index in [1.54, 1.807) is 20.8 Å². The molecule has 0 spiro atoms. The van der Waals surface area contributed by atoms with E-state index < -0.39 is 24.0 Å². The number of hydrogen-bond donors (Lipinski definition) is 2. The zero-order valence-corrected chi connectivity index (χ0v) is 16.3. The fourth-order valence-electron chi connectivity index (χ4n) is 3.10. The molecule has 1 aromatic carbocycles. The standard InChI is InChI=1S/C20H30N2O5/c1-20(2,3)22(19(24)25)16(14-27-17-11-7-8-12-26-17)18(23)21-13-15-9-5-4-6-10-15/h4-6,9-10,16-17H,7-8,11-14H2,1-3H3,(H,21,23)(H,24,25). The van der Waals surface area contributed by atoms with Gasteiger partial charge in [-0.2, -0.15) is 0 Å². The molecule has 7 heteroatoms. The van der Waals surface area contributed by atoms with Crippen LogP contribution in [-0.4, -0.2) is 53.1 Å². The Kier molecular flexibility index (Phi) is 7.62. The lowest BCUT2D eigenvalue weighted by atomic mass is 10.0. The molecule has 150 valence electrons. The molecule has 27 heavy (non-hydrogen) atoms. The van der Waals surface area contributed by atoms with E-state index in [9.17, 15) is 14.7 Å². The van der Waals surface area contributed by atoms with Gasteiger partial charge >= 0.3 is 6.09 Å². The minimum absolute atomic E-state index is 0.0468. The van der Waals surface area contributed by atoms with Crippen molar-refractivity contribution in [3.63, 3.8) is 0 Å². The van der Waals surface area contributed by atoms with Crippen molar-refractivity contribution in [2.24, 2.45) is 0 Å². The van der Waals surface area contributed by atoms with Crippen LogP contribution in [-0.2, 0) is 20.8 Å². The van der Waals surface area contributed by atoms with Crippen molar-refractivity contribution in [1.29, 1.82) is 0 Å². The molecule has 0 aromatic heterocycles. The molecule has 1 fully saturated rings. The molecular formula is C20H30N2O5. The largest absolute Gasteiger partial charge is 0.465 e. The lowest BCUT2D eigenvalue weighted by molar-refractivity contribution is -0.174. The maximum absolute atomic E-state index is 12.8. The number of nitrogens with one attached hydrogen (secondary N) is 1. The van der Waals surface area contributed by atoms with Crippen molar-refractivity contribution < 1.29 is 24.2 Å². The molecule has 1 aliphatic heterocycles. The van der Waals surface area contributed by atoms with E-state index in [0.29, 0.717) is 13.2 Å². The van der Waals surface area contributed by atoms with Crippen LogP contribution < -0.4 is 5.32 Å². The maximum atomic E-state index is 12.8. The summed E-state index contributed by atoms with van der Waals surface area (Å²) in [6, 6.07) is 8.53. The molecule has 1 heterocycles. The van der Waals surface area contributed by atoms with Crippen LogP contribution >= 0.6 is 0 Å². The van der Waals surface area contributed by atoms with Crippen LogP contribution in [0.1, 0.15) is 45.6 Å². The third kappa shape index (κ3) is 6.52. The van der Waals surface area contributed by atoms with Crippen LogP contribution in [0.15, 0.2) is 30.3 Å². The molecule has 1 aromatic rings. The minimum atomic E-state index is -1.16. The van der Waals surface area contributed by atoms with Gasteiger partial charge in [0, 0.05) is 18.7 Å². The van der Waals surface area contributed by atoms with Gasteiger partial charge in [-0.15, -0.1) is 0 Å². The highest BCUT2D eigenvalue weighted by Crippen LogP contribution is 2.20. The molecule has 2 N–H and O–H groups in total. The second-order valence-corrected chi connectivity index (χ2v) is 7.67. The average Bonchev–Trinajstić information content (AvgIpc) is 2.63. The van der Waals surface area contributed by atoms with Crippen molar-refractivity contribution in [2.75, 3.05) is 13.2 Å². The van der Waals surface area contributed by atoms with Crippen LogP contribution in [0.25, 0.3) is 0 Å². The van der Waals surface area contributed by atoms with Crippen LogP contribution in [0.5, 0.6) is 0 Å². The number of amides is 2. The van der Waals surface area contributed by atoms with E-state index in [-0.39, 0.29) is 12.5 Å². The molecule has 1 saturated heterocycles. The number of benzene rings is 1. The molecule has 2 atom stereocenters. The van der Waals surface area contributed by atoms with Gasteiger partial charge < -0.3 is 19.9 Å². The Morgan fingerprint density at radius 1 is 1.30 bits per heavy atom. The van der Waals surface area contributed by atoms with Crippen LogP contribution in [0, 0.1) is 0 Å². The fraction of sp³-hybridized carbons (Fsp3) is 0.600. The van der Waals surface area contributed by atoms with Crippen molar-refractivity contribution in [2.45, 2.75) is 64.4 Å². The molecule has 0 aliphatic carbocycles. The van der Waals surface area contributed by atoms with Gasteiger partial charge in [0.2, 0.25) is 5.91 Å². The second kappa shape index (κ2) is 9.71. The van der Waals surface area contributed by atoms with Crippen LogP contribution in [0.4, 0.5) is 4.79 Å². The average molecular weight is 378 g/mol. The highest BCUT2D eigenvalue weighted by Gasteiger charge is 2.38. The van der Waals surface area contributed by atoms with Crippen LogP contribution in [0.2, 0.25) is 0 Å². The third-order valence-electron chi connectivity index (χ3n) is 4.43. The molecule has 2 rings (SSSR count). The molecule has 7 nitrogen and oxygen atoms in total. The first-order chi connectivity index (χ1) is 12.8. The van der Waals surface area contributed by atoms with Crippen molar-refractivity contribution in [3.05, 3.63) is 35.9 Å². The summed E-state index contributed by atoms with van der Waals surface area (Å²) in [4.78, 5) is 25.9. The van der Waals surface area contributed by atoms with E-state index in [2.05, 4.69) is 5.32 Å². The van der Waals surface area contributed by atoms with Gasteiger partial charge in [-0.25, -0.2) is 4.79 Å². The monoisotopic (exact) mass is 378 g/mol. The first-order valence-electron chi connectivity index (χ1n) is 9.36. The van der Waals surface area contributed by atoms with Gasteiger partial charge in [-0.1, -0.05) is 30.3 Å². The fourth-order valence-corrected chi connectivity index (χ4v) is 3.10. The zero-order valence-electron chi connectivity index (χ0n) is 16.3. The molecular weight excluding hydrogens is 348 g/mol. The summed E-state index contributed by atoms with van der Waals surface area (Å²) in [5.74, 6) is -0.382. The number of rotatable bonds is 7. The third-order valence-corrected chi connectivity index (χ3v) is 4.43. The number of hydrogen-bond acceptors (Lipinski definition) is 4. The first kappa shape index (κ1) is 21.2. The Hall–Kier alpha value is -2.12. The van der Waals surface area contributed by atoms with Gasteiger partial charge in [0.05, 0.1) is 6.61 Å². The highest BCUT2D eigenvalue weighted by atomic mass is 16.7. The number of nitrogens with zero attached hydrogens (tertiary/aromatic N) is 1. The smallest absolute Gasteiger partial charge is 0.408 e. The Balaban J connectivity index is 2.08. The SMILES string of the molecule is CC(C)(C)N(C(=O)O)C(COC1CCCCO1)C(=O)NCc1ccccc1. The lowest BCUT2D eigenvalue weighted by Gasteiger charge is -2.39. The van der Waals surface area contributed by atoms with Crippen molar-refractivity contribution in [3.8, 4) is 0 Å². The molecule has 2 amide bonds. The molecule has 0 saturated carbocycles. The number of carbonyl (C=O) groups is 2. The van der Waals surface area contributed by atoms with Gasteiger partial charge in [0.15, 0.2) is 6.29 Å². The highest BCUT2D eigenvalue weighted by molar-refractivity contribution is 5.85. The number of carbonyl (C=O) groups excluding carboxylic acids is 1. The van der Waals surface area contributed by atoms with Gasteiger partial charge in [-0.05, 0) is 45.6 Å². The topological polar surface area (TPSA) is 88.1 Å². The molecule has 2 unspecified atom stereocenters. The van der Waals surface area contributed by atoms with Crippen LogP contribution in [0.3, 0.4) is 0 Å². The van der Waals surface area contributed by atoms with E-state index in [4.69, 9.17) is 9.47 Å². The van der Waals surface area contributed by atoms with Crippen molar-refractivity contribution in [1.82, 2.24) is 10.2 Å². The van der Waals surface area contributed by atoms with E-state index in [1.165, 1.54) is 0 Å². The Labute approximate surface area is 160 Å². The zero-order chi connectivity index (χ0) is 19.9. The molecule has 1 aliphatic rings. The predicted molar refractivity (Wildman–Crippen MR) is 101 cm³/mol. The van der Waals surface area contributed by atoms with Crippen molar-refractivity contribution >= 4 is 12.0 Å². The summed E-state index contributed by atoms with van der Waals surface area (Å²) < 4.78 is 11.3. The lowest BCUT2D eigenvalue weighted by Crippen LogP contribution is -2.58. The Morgan fingerprint density at radius 2 is 2.00 bits per heavy atom. The van der Waals surface area contributed by atoms with E-state index in [1.807, 2.05) is 30.3 Å². The van der Waals surface area contributed by atoms with E-state index >= 15 is 0 Å². The van der Waals surface area contributed by atoms with E-state index in [0.717, 1.165) is 29.7 Å². The summed E-state index contributed by atoms with van der Waals surface area (Å²) in [6.07, 6.45) is 1.19. The summed E-state index contributed by atoms with van der Waals surface area (Å²) in [5.41, 5.74) is 0.191. The van der Waals surface area contributed by atoms with Gasteiger partial charge in [-0.3, -0.25) is 9.69 Å². The second-order valence-electron chi connectivity index (χ2n) is 7.67. The van der Waals surface area contributed by atoms with Gasteiger partial charge in [0.25, 0.3) is 0 Å². The quantitative estimate of drug-likeness (QED) is 0.761. The maximum Gasteiger partial charge on any atom is 0.408 e.